The number of H-pyrrole nitrogens is 1. The number of hydrogen-bond acceptors (Lipinski definition) is 4. The van der Waals surface area contributed by atoms with Gasteiger partial charge in [0, 0.05) is 36.6 Å². The Bertz CT molecular complexity index is 930. The van der Waals surface area contributed by atoms with Crippen molar-refractivity contribution in [3.63, 3.8) is 0 Å². The Balaban J connectivity index is 1.85. The van der Waals surface area contributed by atoms with E-state index < -0.39 is 0 Å². The van der Waals surface area contributed by atoms with Crippen molar-refractivity contribution in [2.45, 2.75) is 19.9 Å². The van der Waals surface area contributed by atoms with E-state index in [1.807, 2.05) is 30.3 Å². The highest BCUT2D eigenvalue weighted by Crippen LogP contribution is 2.09. The van der Waals surface area contributed by atoms with Crippen molar-refractivity contribution in [2.24, 2.45) is 0 Å². The van der Waals surface area contributed by atoms with Crippen LogP contribution in [0.3, 0.4) is 0 Å². The molecule has 2 aromatic heterocycles. The number of carbonyl (C=O) groups excluding carboxylic acids is 1. The van der Waals surface area contributed by atoms with Crippen molar-refractivity contribution in [2.75, 3.05) is 13.2 Å². The SMILES string of the molecule is Cc1nc2cc[nH]n2c(=O)c1CC(=O)N(CCO)Cc1ccccc1. The molecule has 0 radical (unpaired) electrons. The molecule has 7 nitrogen and oxygen atoms in total. The number of aromatic nitrogens is 3. The number of nitrogens with zero attached hydrogens (tertiary/aromatic N) is 3. The molecule has 2 N–H and O–H groups in total. The quantitative estimate of drug-likeness (QED) is 0.697. The van der Waals surface area contributed by atoms with E-state index in [0.29, 0.717) is 23.4 Å². The number of benzene rings is 1. The number of aliphatic hydroxyl groups is 1. The molecule has 130 valence electrons. The fourth-order valence-electron chi connectivity index (χ4n) is 2.79. The average molecular weight is 340 g/mol. The first-order valence-electron chi connectivity index (χ1n) is 8.08. The van der Waals surface area contributed by atoms with Gasteiger partial charge in [0.25, 0.3) is 5.56 Å². The first-order chi connectivity index (χ1) is 12.1. The van der Waals surface area contributed by atoms with Crippen LogP contribution in [-0.4, -0.2) is 43.7 Å². The van der Waals surface area contributed by atoms with E-state index in [4.69, 9.17) is 0 Å². The number of aromatic amines is 1. The zero-order chi connectivity index (χ0) is 17.8. The average Bonchev–Trinajstić information content (AvgIpc) is 3.07. The molecule has 0 aliphatic carbocycles. The van der Waals surface area contributed by atoms with Crippen LogP contribution in [0, 0.1) is 6.92 Å². The van der Waals surface area contributed by atoms with Gasteiger partial charge in [-0.05, 0) is 12.5 Å². The smallest absolute Gasteiger partial charge is 0.276 e. The van der Waals surface area contributed by atoms with Crippen LogP contribution in [0.2, 0.25) is 0 Å². The maximum atomic E-state index is 12.7. The van der Waals surface area contributed by atoms with Crippen LogP contribution in [0.15, 0.2) is 47.4 Å². The van der Waals surface area contributed by atoms with Gasteiger partial charge in [-0.2, -0.15) is 0 Å². The van der Waals surface area contributed by atoms with Crippen molar-refractivity contribution < 1.29 is 9.90 Å². The summed E-state index contributed by atoms with van der Waals surface area (Å²) < 4.78 is 1.32. The number of rotatable bonds is 6. The molecule has 1 aromatic carbocycles. The number of aliphatic hydroxyl groups excluding tert-OH is 1. The Morgan fingerprint density at radius 2 is 2.04 bits per heavy atom. The van der Waals surface area contributed by atoms with Crippen molar-refractivity contribution >= 4 is 11.6 Å². The third kappa shape index (κ3) is 3.61. The summed E-state index contributed by atoms with van der Waals surface area (Å²) in [5, 5.41) is 12.1. The normalized spacial score (nSPS) is 11.0. The minimum absolute atomic E-state index is 0.0491. The molecule has 0 saturated heterocycles. The van der Waals surface area contributed by atoms with Crippen LogP contribution in [-0.2, 0) is 17.8 Å². The number of carbonyl (C=O) groups is 1. The van der Waals surface area contributed by atoms with E-state index in [9.17, 15) is 14.7 Å². The van der Waals surface area contributed by atoms with Gasteiger partial charge in [0.05, 0.1) is 13.0 Å². The first kappa shape index (κ1) is 16.9. The van der Waals surface area contributed by atoms with Crippen LogP contribution in [0.4, 0.5) is 0 Å². The lowest BCUT2D eigenvalue weighted by atomic mass is 10.1. The summed E-state index contributed by atoms with van der Waals surface area (Å²) in [5.41, 5.74) is 2.12. The van der Waals surface area contributed by atoms with Gasteiger partial charge < -0.3 is 10.0 Å². The highest BCUT2D eigenvalue weighted by molar-refractivity contribution is 5.79. The van der Waals surface area contributed by atoms with Gasteiger partial charge in [0.2, 0.25) is 5.91 Å². The van der Waals surface area contributed by atoms with E-state index >= 15 is 0 Å². The molecule has 0 fully saturated rings. The van der Waals surface area contributed by atoms with Gasteiger partial charge >= 0.3 is 0 Å². The summed E-state index contributed by atoms with van der Waals surface area (Å²) >= 11 is 0. The maximum absolute atomic E-state index is 12.7. The lowest BCUT2D eigenvalue weighted by Crippen LogP contribution is -2.36. The summed E-state index contributed by atoms with van der Waals surface area (Å²) in [6.07, 6.45) is 1.58. The minimum Gasteiger partial charge on any atom is -0.395 e. The monoisotopic (exact) mass is 340 g/mol. The molecule has 0 bridgehead atoms. The number of nitrogens with one attached hydrogen (secondary N) is 1. The molecule has 3 aromatic rings. The van der Waals surface area contributed by atoms with E-state index in [-0.39, 0.29) is 31.0 Å². The molecule has 0 unspecified atom stereocenters. The second kappa shape index (κ2) is 7.31. The largest absolute Gasteiger partial charge is 0.395 e. The van der Waals surface area contributed by atoms with Crippen LogP contribution < -0.4 is 5.56 Å². The van der Waals surface area contributed by atoms with Crippen molar-refractivity contribution in [3.8, 4) is 0 Å². The Kier molecular flexibility index (Phi) is 4.95. The molecule has 2 heterocycles. The maximum Gasteiger partial charge on any atom is 0.276 e. The lowest BCUT2D eigenvalue weighted by molar-refractivity contribution is -0.131. The first-order valence-corrected chi connectivity index (χ1v) is 8.08. The van der Waals surface area contributed by atoms with E-state index in [0.717, 1.165) is 5.56 Å². The predicted octanol–water partition coefficient (Wildman–Crippen LogP) is 0.895. The van der Waals surface area contributed by atoms with Gasteiger partial charge in [-0.25, -0.2) is 9.50 Å². The molecule has 0 saturated carbocycles. The third-order valence-corrected chi connectivity index (χ3v) is 4.11. The zero-order valence-corrected chi connectivity index (χ0v) is 14.0. The summed E-state index contributed by atoms with van der Waals surface area (Å²) in [6, 6.07) is 11.2. The highest BCUT2D eigenvalue weighted by Gasteiger charge is 2.19. The molecular formula is C18H20N4O3. The molecule has 0 aliphatic rings. The van der Waals surface area contributed by atoms with E-state index in [2.05, 4.69) is 10.1 Å². The number of fused-ring (bicyclic) bond motifs is 1. The molecule has 0 spiro atoms. The molecule has 1 amide bonds. The molecule has 25 heavy (non-hydrogen) atoms. The molecular weight excluding hydrogens is 320 g/mol. The van der Waals surface area contributed by atoms with Gasteiger partial charge in [0.15, 0.2) is 5.65 Å². The summed E-state index contributed by atoms with van der Waals surface area (Å²) in [6.45, 7) is 2.19. The minimum atomic E-state index is -0.274. The Morgan fingerprint density at radius 1 is 1.28 bits per heavy atom. The standard InChI is InChI=1S/C18H20N4O3/c1-13-15(18(25)22-16(20-13)7-8-19-22)11-17(24)21(9-10-23)12-14-5-3-2-4-6-14/h2-8,19,23H,9-12H2,1H3. The molecule has 0 atom stereocenters. The second-order valence-corrected chi connectivity index (χ2v) is 5.84. The Morgan fingerprint density at radius 3 is 2.76 bits per heavy atom. The Hall–Kier alpha value is -2.93. The van der Waals surface area contributed by atoms with Gasteiger partial charge in [0.1, 0.15) is 0 Å². The fraction of sp³-hybridized carbons (Fsp3) is 0.278. The second-order valence-electron chi connectivity index (χ2n) is 5.84. The third-order valence-electron chi connectivity index (χ3n) is 4.11. The number of hydrogen-bond donors (Lipinski definition) is 2. The summed E-state index contributed by atoms with van der Waals surface area (Å²) in [4.78, 5) is 31.2. The molecule has 7 heteroatoms. The Labute approximate surface area is 144 Å². The number of aryl methyl sites for hydroxylation is 1. The van der Waals surface area contributed by atoms with Gasteiger partial charge in [-0.15, -0.1) is 0 Å². The van der Waals surface area contributed by atoms with Crippen molar-refractivity contribution in [3.05, 3.63) is 69.8 Å². The zero-order valence-electron chi connectivity index (χ0n) is 14.0. The van der Waals surface area contributed by atoms with Crippen molar-refractivity contribution in [1.29, 1.82) is 0 Å². The summed E-state index contributed by atoms with van der Waals surface area (Å²) in [7, 11) is 0. The van der Waals surface area contributed by atoms with Gasteiger partial charge in [-0.3, -0.25) is 14.7 Å². The van der Waals surface area contributed by atoms with Gasteiger partial charge in [-0.1, -0.05) is 30.3 Å². The molecule has 3 rings (SSSR count). The van der Waals surface area contributed by atoms with E-state index in [1.165, 1.54) is 4.52 Å². The van der Waals surface area contributed by atoms with Crippen LogP contribution in [0.25, 0.3) is 5.65 Å². The van der Waals surface area contributed by atoms with Crippen LogP contribution in [0.1, 0.15) is 16.8 Å². The van der Waals surface area contributed by atoms with Crippen molar-refractivity contribution in [1.82, 2.24) is 19.5 Å². The van der Waals surface area contributed by atoms with E-state index in [1.54, 1.807) is 24.1 Å². The lowest BCUT2D eigenvalue weighted by Gasteiger charge is -2.22. The number of amides is 1. The predicted molar refractivity (Wildman–Crippen MR) is 93.2 cm³/mol. The summed E-state index contributed by atoms with van der Waals surface area (Å²) in [5.74, 6) is -0.216. The van der Waals surface area contributed by atoms with Crippen LogP contribution >= 0.6 is 0 Å². The molecule has 0 aliphatic heterocycles. The topological polar surface area (TPSA) is 90.7 Å². The highest BCUT2D eigenvalue weighted by atomic mass is 16.3. The fourth-order valence-corrected chi connectivity index (χ4v) is 2.79. The van der Waals surface area contributed by atoms with Crippen LogP contribution in [0.5, 0.6) is 0 Å².